The molecule has 0 N–H and O–H groups in total. The predicted molar refractivity (Wildman–Crippen MR) is 111 cm³/mol. The van der Waals surface area contributed by atoms with Gasteiger partial charge in [0.2, 0.25) is 15.9 Å². The van der Waals surface area contributed by atoms with Crippen LogP contribution in [0.5, 0.6) is 0 Å². The number of carbonyl (C=O) groups is 1. The minimum atomic E-state index is -3.76. The molecule has 2 aromatic carbocycles. The lowest BCUT2D eigenvalue weighted by Gasteiger charge is -2.56. The molecule has 0 radical (unpaired) electrons. The quantitative estimate of drug-likeness (QED) is 0.762. The zero-order chi connectivity index (χ0) is 20.3. The van der Waals surface area contributed by atoms with E-state index < -0.39 is 16.1 Å². The molecular weight excluding hydrogens is 384 g/mol. The summed E-state index contributed by atoms with van der Waals surface area (Å²) in [7, 11) is -3.76. The van der Waals surface area contributed by atoms with Gasteiger partial charge >= 0.3 is 0 Å². The number of aryl methyl sites for hydroxylation is 1. The molecule has 3 aliphatic heterocycles. The molecule has 0 saturated carbocycles. The second-order valence-electron chi connectivity index (χ2n) is 8.61. The molecule has 6 heteroatoms. The van der Waals surface area contributed by atoms with E-state index >= 15 is 0 Å². The van der Waals surface area contributed by atoms with Crippen LogP contribution in [0.4, 0.5) is 0 Å². The fourth-order valence-electron chi connectivity index (χ4n) is 5.55. The van der Waals surface area contributed by atoms with Gasteiger partial charge in [0, 0.05) is 6.04 Å². The van der Waals surface area contributed by atoms with Crippen molar-refractivity contribution in [3.05, 3.63) is 65.2 Å². The highest BCUT2D eigenvalue weighted by atomic mass is 32.2. The number of carbonyl (C=O) groups excluding carboxylic acids is 1. The predicted octanol–water partition coefficient (Wildman–Crippen LogP) is 3.43. The molecule has 2 bridgehead atoms. The first-order valence-corrected chi connectivity index (χ1v) is 11.8. The molecule has 3 aliphatic rings. The normalized spacial score (nSPS) is 29.3. The van der Waals surface area contributed by atoms with Crippen LogP contribution in [-0.2, 0) is 21.2 Å². The second kappa shape index (κ2) is 6.67. The third-order valence-electron chi connectivity index (χ3n) is 6.74. The van der Waals surface area contributed by atoms with Gasteiger partial charge in [0.15, 0.2) is 0 Å². The highest BCUT2D eigenvalue weighted by Crippen LogP contribution is 2.47. The molecule has 2 saturated heterocycles. The van der Waals surface area contributed by atoms with Crippen LogP contribution in [0.15, 0.2) is 53.4 Å². The third-order valence-corrected chi connectivity index (χ3v) is 8.67. The van der Waals surface area contributed by atoms with Gasteiger partial charge in [0.1, 0.15) is 6.04 Å². The van der Waals surface area contributed by atoms with Crippen molar-refractivity contribution in [2.45, 2.75) is 68.6 Å². The zero-order valence-electron chi connectivity index (χ0n) is 16.8. The van der Waals surface area contributed by atoms with E-state index in [0.717, 1.165) is 30.4 Å². The van der Waals surface area contributed by atoms with Crippen LogP contribution in [0.3, 0.4) is 0 Å². The van der Waals surface area contributed by atoms with Gasteiger partial charge in [-0.05, 0) is 68.4 Å². The number of fused-ring (bicyclic) bond motifs is 6. The van der Waals surface area contributed by atoms with Crippen molar-refractivity contribution in [2.75, 3.05) is 0 Å². The molecule has 3 unspecified atom stereocenters. The van der Waals surface area contributed by atoms with Crippen molar-refractivity contribution >= 4 is 15.9 Å². The average molecular weight is 411 g/mol. The smallest absolute Gasteiger partial charge is 0.244 e. The average Bonchev–Trinajstić information content (AvgIpc) is 2.71. The Balaban J connectivity index is 1.67. The molecular formula is C23H26N2O3S. The second-order valence-corrected chi connectivity index (χ2v) is 10.5. The molecule has 3 heterocycles. The van der Waals surface area contributed by atoms with Gasteiger partial charge in [-0.25, -0.2) is 8.42 Å². The number of benzene rings is 2. The van der Waals surface area contributed by atoms with Crippen molar-refractivity contribution in [3.63, 3.8) is 0 Å². The minimum absolute atomic E-state index is 0.0378. The Bertz CT molecular complexity index is 1080. The number of piperazine rings is 1. The Morgan fingerprint density at radius 2 is 1.83 bits per heavy atom. The van der Waals surface area contributed by atoms with Gasteiger partial charge in [-0.2, -0.15) is 4.31 Å². The molecule has 4 atom stereocenters. The maximum atomic E-state index is 13.7. The van der Waals surface area contributed by atoms with E-state index in [1.54, 1.807) is 22.5 Å². The van der Waals surface area contributed by atoms with E-state index in [-0.39, 0.29) is 28.9 Å². The molecule has 5 nitrogen and oxygen atoms in total. The van der Waals surface area contributed by atoms with Gasteiger partial charge in [-0.3, -0.25) is 4.79 Å². The van der Waals surface area contributed by atoms with E-state index in [2.05, 4.69) is 19.1 Å². The Hall–Kier alpha value is -2.18. The largest absolute Gasteiger partial charge is 0.330 e. The summed E-state index contributed by atoms with van der Waals surface area (Å²) in [5.41, 5.74) is 3.23. The first-order valence-electron chi connectivity index (χ1n) is 10.4. The number of hydrogen-bond donors (Lipinski definition) is 0. The summed E-state index contributed by atoms with van der Waals surface area (Å²) in [6.45, 7) is 3.98. The molecule has 2 aromatic rings. The molecule has 0 aliphatic carbocycles. The summed E-state index contributed by atoms with van der Waals surface area (Å²) < 4.78 is 29.0. The Kier molecular flexibility index (Phi) is 4.33. The highest BCUT2D eigenvalue weighted by Gasteiger charge is 2.56. The molecule has 5 rings (SSSR count). The van der Waals surface area contributed by atoms with Crippen molar-refractivity contribution in [3.8, 4) is 0 Å². The molecule has 1 amide bonds. The first kappa shape index (κ1) is 18.8. The van der Waals surface area contributed by atoms with E-state index in [1.807, 2.05) is 30.0 Å². The zero-order valence-corrected chi connectivity index (χ0v) is 17.6. The number of rotatable bonds is 2. The van der Waals surface area contributed by atoms with Gasteiger partial charge in [0.05, 0.1) is 17.0 Å². The Morgan fingerprint density at radius 1 is 1.03 bits per heavy atom. The first-order chi connectivity index (χ1) is 13.9. The van der Waals surface area contributed by atoms with E-state index in [4.69, 9.17) is 0 Å². The summed E-state index contributed by atoms with van der Waals surface area (Å²) in [6, 6.07) is 14.3. The molecule has 29 heavy (non-hydrogen) atoms. The number of hydrogen-bond acceptors (Lipinski definition) is 3. The standard InChI is InChI=1S/C23H26N2O3S/c1-15-7-5-9-18(13-15)29(27,28)25-20-11-6-12-21(25)23(26)24-16(2)14-17-8-3-4-10-19(17)22(20)24/h3-5,7-10,13,16,20-22H,6,11-12,14H2,1-2H3/t16-,20?,21?,22?/m1/s1. The number of sulfonamides is 1. The summed E-state index contributed by atoms with van der Waals surface area (Å²) in [4.78, 5) is 15.8. The van der Waals surface area contributed by atoms with Crippen LogP contribution in [0.1, 0.15) is 48.9 Å². The van der Waals surface area contributed by atoms with Crippen LogP contribution < -0.4 is 0 Å². The van der Waals surface area contributed by atoms with E-state index in [0.29, 0.717) is 6.42 Å². The molecule has 2 fully saturated rings. The molecule has 152 valence electrons. The maximum absolute atomic E-state index is 13.7. The number of piperidine rings is 1. The summed E-state index contributed by atoms with van der Waals surface area (Å²) >= 11 is 0. The topological polar surface area (TPSA) is 57.7 Å². The lowest BCUT2D eigenvalue weighted by atomic mass is 9.78. The third kappa shape index (κ3) is 2.76. The lowest BCUT2D eigenvalue weighted by Crippen LogP contribution is -2.68. The van der Waals surface area contributed by atoms with Gasteiger partial charge in [-0.15, -0.1) is 0 Å². The van der Waals surface area contributed by atoms with Crippen LogP contribution in [-0.4, -0.2) is 41.7 Å². The van der Waals surface area contributed by atoms with Crippen molar-refractivity contribution in [1.82, 2.24) is 9.21 Å². The van der Waals surface area contributed by atoms with Crippen molar-refractivity contribution < 1.29 is 13.2 Å². The van der Waals surface area contributed by atoms with E-state index in [9.17, 15) is 13.2 Å². The Morgan fingerprint density at radius 3 is 2.62 bits per heavy atom. The lowest BCUT2D eigenvalue weighted by molar-refractivity contribution is -0.153. The van der Waals surface area contributed by atoms with Crippen LogP contribution in [0.25, 0.3) is 0 Å². The summed E-state index contributed by atoms with van der Waals surface area (Å²) in [5, 5.41) is 0. The highest BCUT2D eigenvalue weighted by molar-refractivity contribution is 7.89. The molecule has 0 spiro atoms. The number of amides is 1. The van der Waals surface area contributed by atoms with Crippen LogP contribution >= 0.6 is 0 Å². The van der Waals surface area contributed by atoms with Gasteiger partial charge < -0.3 is 4.90 Å². The van der Waals surface area contributed by atoms with Gasteiger partial charge in [-0.1, -0.05) is 36.4 Å². The fourth-order valence-corrected chi connectivity index (χ4v) is 7.48. The van der Waals surface area contributed by atoms with Crippen molar-refractivity contribution in [1.29, 1.82) is 0 Å². The van der Waals surface area contributed by atoms with Crippen LogP contribution in [0, 0.1) is 6.92 Å². The van der Waals surface area contributed by atoms with Crippen LogP contribution in [0.2, 0.25) is 0 Å². The monoisotopic (exact) mass is 410 g/mol. The molecule has 0 aromatic heterocycles. The maximum Gasteiger partial charge on any atom is 0.244 e. The minimum Gasteiger partial charge on any atom is -0.330 e. The SMILES string of the molecule is Cc1cccc(S(=O)(=O)N2C3CCCC2C2c4ccccc4C[C@@H](C)N2C3=O)c1. The number of nitrogens with zero attached hydrogens (tertiary/aromatic N) is 2. The summed E-state index contributed by atoms with van der Waals surface area (Å²) in [5.74, 6) is -0.0378. The Labute approximate surface area is 172 Å². The fraction of sp³-hybridized carbons (Fsp3) is 0.435. The van der Waals surface area contributed by atoms with E-state index in [1.165, 1.54) is 5.56 Å². The summed E-state index contributed by atoms with van der Waals surface area (Å²) in [6.07, 6.45) is 3.07. The van der Waals surface area contributed by atoms with Gasteiger partial charge in [0.25, 0.3) is 0 Å². The van der Waals surface area contributed by atoms with Crippen molar-refractivity contribution in [2.24, 2.45) is 0 Å².